The van der Waals surface area contributed by atoms with Crippen molar-refractivity contribution in [3.8, 4) is 0 Å². The Balaban J connectivity index is 2.25. The number of rotatable bonds is 3. The number of anilines is 1. The first-order valence-electron chi connectivity index (χ1n) is 5.33. The molecule has 2 N–H and O–H groups in total. The Morgan fingerprint density at radius 2 is 2.35 bits per heavy atom. The third kappa shape index (κ3) is 2.47. The number of ether oxygens (including phenoxy) is 1. The number of furan rings is 1. The van der Waals surface area contributed by atoms with Crippen molar-refractivity contribution in [1.82, 2.24) is 0 Å². The summed E-state index contributed by atoms with van der Waals surface area (Å²) in [6.07, 6.45) is 2.90. The van der Waals surface area contributed by atoms with Crippen LogP contribution in [0, 0.1) is 0 Å². The Bertz CT molecular complexity index is 569. The highest BCUT2D eigenvalue weighted by Crippen LogP contribution is 2.25. The van der Waals surface area contributed by atoms with E-state index in [0.717, 1.165) is 5.39 Å². The quantitative estimate of drug-likeness (QED) is 0.501. The van der Waals surface area contributed by atoms with E-state index >= 15 is 0 Å². The van der Waals surface area contributed by atoms with Gasteiger partial charge in [0.05, 0.1) is 6.61 Å². The number of benzene rings is 1. The number of hydrogen-bond donors (Lipinski definition) is 1. The number of fused-ring (bicyclic) bond motifs is 1. The molecular formula is C13H13NO3. The van der Waals surface area contributed by atoms with Crippen molar-refractivity contribution in [1.29, 1.82) is 0 Å². The van der Waals surface area contributed by atoms with Gasteiger partial charge in [0.25, 0.3) is 0 Å². The zero-order valence-corrected chi connectivity index (χ0v) is 9.47. The summed E-state index contributed by atoms with van der Waals surface area (Å²) < 4.78 is 10.3. The smallest absolute Gasteiger partial charge is 0.330 e. The molecule has 4 heteroatoms. The van der Waals surface area contributed by atoms with Crippen LogP contribution in [0.25, 0.3) is 17.0 Å². The summed E-state index contributed by atoms with van der Waals surface area (Å²) in [5.74, 6) is 0.187. The topological polar surface area (TPSA) is 65.5 Å². The van der Waals surface area contributed by atoms with Crippen molar-refractivity contribution < 1.29 is 13.9 Å². The highest BCUT2D eigenvalue weighted by Gasteiger charge is 2.04. The summed E-state index contributed by atoms with van der Waals surface area (Å²) in [5, 5.41) is 0.844. The largest absolute Gasteiger partial charge is 0.463 e. The van der Waals surface area contributed by atoms with Crippen molar-refractivity contribution in [3.05, 3.63) is 36.1 Å². The van der Waals surface area contributed by atoms with Crippen LogP contribution in [0.2, 0.25) is 0 Å². The molecule has 1 heterocycles. The van der Waals surface area contributed by atoms with Gasteiger partial charge >= 0.3 is 5.97 Å². The first-order valence-corrected chi connectivity index (χ1v) is 5.33. The summed E-state index contributed by atoms with van der Waals surface area (Å²) in [5.41, 5.74) is 7.15. The Morgan fingerprint density at radius 1 is 1.53 bits per heavy atom. The number of nitrogens with two attached hydrogens (primary N) is 1. The first kappa shape index (κ1) is 11.3. The minimum Gasteiger partial charge on any atom is -0.463 e. The molecule has 88 valence electrons. The predicted octanol–water partition coefficient (Wildman–Crippen LogP) is 2.59. The molecule has 0 radical (unpaired) electrons. The maximum Gasteiger partial charge on any atom is 0.330 e. The van der Waals surface area contributed by atoms with Crippen molar-refractivity contribution in [2.24, 2.45) is 0 Å². The van der Waals surface area contributed by atoms with Gasteiger partial charge in [0, 0.05) is 17.1 Å². The van der Waals surface area contributed by atoms with Crippen molar-refractivity contribution >= 4 is 28.7 Å². The molecule has 0 aliphatic carbocycles. The van der Waals surface area contributed by atoms with E-state index in [9.17, 15) is 4.79 Å². The van der Waals surface area contributed by atoms with E-state index in [2.05, 4.69) is 0 Å². The molecular weight excluding hydrogens is 218 g/mol. The molecule has 1 aromatic carbocycles. The summed E-state index contributed by atoms with van der Waals surface area (Å²) >= 11 is 0. The first-order chi connectivity index (χ1) is 8.20. The fourth-order valence-electron chi connectivity index (χ4n) is 1.53. The van der Waals surface area contributed by atoms with E-state index < -0.39 is 0 Å². The lowest BCUT2D eigenvalue weighted by atomic mass is 10.2. The minimum absolute atomic E-state index is 0.357. The molecule has 0 fully saturated rings. The Kier molecular flexibility index (Phi) is 3.14. The second-order valence-electron chi connectivity index (χ2n) is 3.49. The maximum absolute atomic E-state index is 11.1. The molecule has 0 atom stereocenters. The predicted molar refractivity (Wildman–Crippen MR) is 66.3 cm³/mol. The summed E-state index contributed by atoms with van der Waals surface area (Å²) in [6, 6.07) is 7.24. The van der Waals surface area contributed by atoms with Gasteiger partial charge in [0.2, 0.25) is 0 Å². The molecule has 0 amide bonds. The number of carbonyl (C=O) groups is 1. The molecule has 0 aliphatic rings. The maximum atomic E-state index is 11.1. The van der Waals surface area contributed by atoms with Crippen molar-refractivity contribution in [3.63, 3.8) is 0 Å². The second kappa shape index (κ2) is 4.74. The van der Waals surface area contributed by atoms with Crippen LogP contribution in [0.5, 0.6) is 0 Å². The van der Waals surface area contributed by atoms with Gasteiger partial charge in [-0.1, -0.05) is 6.07 Å². The number of nitrogen functional groups attached to an aromatic ring is 1. The van der Waals surface area contributed by atoms with E-state index in [4.69, 9.17) is 14.9 Å². The number of carbonyl (C=O) groups excluding carboxylic acids is 1. The van der Waals surface area contributed by atoms with E-state index in [0.29, 0.717) is 23.6 Å². The van der Waals surface area contributed by atoms with Crippen molar-refractivity contribution in [2.75, 3.05) is 12.3 Å². The monoisotopic (exact) mass is 231 g/mol. The zero-order valence-electron chi connectivity index (χ0n) is 9.47. The Labute approximate surface area is 98.7 Å². The average Bonchev–Trinajstić information content (AvgIpc) is 2.71. The van der Waals surface area contributed by atoms with E-state index in [1.54, 1.807) is 25.1 Å². The van der Waals surface area contributed by atoms with Crippen molar-refractivity contribution in [2.45, 2.75) is 6.92 Å². The third-order valence-corrected chi connectivity index (χ3v) is 2.28. The average molecular weight is 231 g/mol. The summed E-state index contributed by atoms with van der Waals surface area (Å²) in [4.78, 5) is 11.1. The van der Waals surface area contributed by atoms with E-state index in [1.807, 2.05) is 12.1 Å². The SMILES string of the molecule is CCOC(=O)/C=C/c1cc2c(N)cccc2o1. The van der Waals surface area contributed by atoms with E-state index in [1.165, 1.54) is 6.08 Å². The van der Waals surface area contributed by atoms with Gasteiger partial charge in [-0.05, 0) is 31.2 Å². The van der Waals surface area contributed by atoms with Crippen LogP contribution in [0.3, 0.4) is 0 Å². The Morgan fingerprint density at radius 3 is 3.06 bits per heavy atom. The Hall–Kier alpha value is -2.23. The van der Waals surface area contributed by atoms with Crippen LogP contribution in [0.15, 0.2) is 34.8 Å². The molecule has 0 unspecified atom stereocenters. The molecule has 0 bridgehead atoms. The molecule has 4 nitrogen and oxygen atoms in total. The minimum atomic E-state index is -0.388. The summed E-state index contributed by atoms with van der Waals surface area (Å²) in [6.45, 7) is 2.11. The van der Waals surface area contributed by atoms with Crippen LogP contribution >= 0.6 is 0 Å². The van der Waals surface area contributed by atoms with E-state index in [-0.39, 0.29) is 5.97 Å². The number of hydrogen-bond acceptors (Lipinski definition) is 4. The molecule has 17 heavy (non-hydrogen) atoms. The normalized spacial score (nSPS) is 11.1. The van der Waals surface area contributed by atoms with Crippen LogP contribution in [0.1, 0.15) is 12.7 Å². The fourth-order valence-corrected chi connectivity index (χ4v) is 1.53. The van der Waals surface area contributed by atoms with Gasteiger partial charge in [0.1, 0.15) is 11.3 Å². The van der Waals surface area contributed by atoms with Gasteiger partial charge in [-0.2, -0.15) is 0 Å². The zero-order chi connectivity index (χ0) is 12.3. The third-order valence-electron chi connectivity index (χ3n) is 2.28. The molecule has 2 aromatic rings. The molecule has 0 spiro atoms. The lowest BCUT2D eigenvalue weighted by Gasteiger charge is -1.92. The summed E-state index contributed by atoms with van der Waals surface area (Å²) in [7, 11) is 0. The standard InChI is InChI=1S/C13H13NO3/c1-2-16-13(15)7-6-9-8-10-11(14)4-3-5-12(10)17-9/h3-8H,2,14H2,1H3/b7-6+. The molecule has 0 saturated heterocycles. The lowest BCUT2D eigenvalue weighted by Crippen LogP contribution is -1.98. The van der Waals surface area contributed by atoms with Gasteiger partial charge in [0.15, 0.2) is 0 Å². The van der Waals surface area contributed by atoms with Gasteiger partial charge < -0.3 is 14.9 Å². The van der Waals surface area contributed by atoms with Crippen LogP contribution in [-0.2, 0) is 9.53 Å². The van der Waals surface area contributed by atoms with Gasteiger partial charge in [-0.15, -0.1) is 0 Å². The lowest BCUT2D eigenvalue weighted by molar-refractivity contribution is -0.137. The van der Waals surface area contributed by atoms with Crippen LogP contribution in [-0.4, -0.2) is 12.6 Å². The molecule has 0 saturated carbocycles. The van der Waals surface area contributed by atoms with Crippen LogP contribution in [0.4, 0.5) is 5.69 Å². The van der Waals surface area contributed by atoms with Gasteiger partial charge in [-0.3, -0.25) is 0 Å². The van der Waals surface area contributed by atoms with Gasteiger partial charge in [-0.25, -0.2) is 4.79 Å². The highest BCUT2D eigenvalue weighted by molar-refractivity contribution is 5.92. The number of esters is 1. The van der Waals surface area contributed by atoms with Crippen LogP contribution < -0.4 is 5.73 Å². The fraction of sp³-hybridized carbons (Fsp3) is 0.154. The highest BCUT2D eigenvalue weighted by atomic mass is 16.5. The second-order valence-corrected chi connectivity index (χ2v) is 3.49. The molecule has 2 rings (SSSR count). The molecule has 0 aliphatic heterocycles. The molecule has 1 aromatic heterocycles.